The maximum Gasteiger partial charge on any atom is 0.290 e. The number of anilines is 1. The molecule has 0 spiro atoms. The van der Waals surface area contributed by atoms with Crippen molar-refractivity contribution in [2.45, 2.75) is 13.5 Å². The van der Waals surface area contributed by atoms with E-state index >= 15 is 0 Å². The second kappa shape index (κ2) is 7.99. The minimum Gasteiger partial charge on any atom is -0.488 e. The molecule has 4 aromatic rings. The van der Waals surface area contributed by atoms with Crippen LogP contribution >= 0.6 is 11.3 Å². The average molecular weight is 447 g/mol. The van der Waals surface area contributed by atoms with Crippen LogP contribution in [0.4, 0.5) is 13.9 Å². The van der Waals surface area contributed by atoms with E-state index in [0.717, 1.165) is 29.0 Å². The van der Waals surface area contributed by atoms with Crippen LogP contribution in [-0.2, 0) is 25.4 Å². The number of hydrogen-bond acceptors (Lipinski definition) is 5. The number of ether oxygens (including phenoxy) is 1. The number of halogens is 2. The second-order valence-corrected chi connectivity index (χ2v) is 7.68. The number of carbonyl (C=O) groups excluding carboxylic acids is 1. The Hall–Kier alpha value is -3.47. The first-order valence-corrected chi connectivity index (χ1v) is 10.3. The fourth-order valence-electron chi connectivity index (χ4n) is 3.30. The Bertz CT molecular complexity index is 1330. The van der Waals surface area contributed by atoms with Crippen LogP contribution in [0.5, 0.6) is 5.75 Å². The molecule has 0 saturated heterocycles. The lowest BCUT2D eigenvalue weighted by atomic mass is 10.1. The molecule has 0 fully saturated rings. The molecule has 11 heteroatoms. The highest BCUT2D eigenvalue weighted by atomic mass is 32.1. The van der Waals surface area contributed by atoms with Crippen LogP contribution in [0.1, 0.15) is 6.92 Å². The number of hydrogen-bond donors (Lipinski definition) is 1. The number of carbonyl (C=O) groups is 1. The number of amides is 1. The second-order valence-electron chi connectivity index (χ2n) is 6.82. The van der Waals surface area contributed by atoms with E-state index < -0.39 is 17.4 Å². The van der Waals surface area contributed by atoms with Gasteiger partial charge in [-0.3, -0.25) is 19.0 Å². The van der Waals surface area contributed by atoms with E-state index in [1.54, 1.807) is 47.9 Å². The smallest absolute Gasteiger partial charge is 0.290 e. The van der Waals surface area contributed by atoms with Crippen molar-refractivity contribution in [2.24, 2.45) is 14.1 Å². The molecule has 0 aliphatic carbocycles. The summed E-state index contributed by atoms with van der Waals surface area (Å²) in [6.45, 7) is 1.70. The van der Waals surface area contributed by atoms with E-state index in [1.807, 2.05) is 0 Å². The monoisotopic (exact) mass is 447 g/mol. The van der Waals surface area contributed by atoms with Crippen LogP contribution in [-0.4, -0.2) is 31.4 Å². The van der Waals surface area contributed by atoms with Gasteiger partial charge in [0.05, 0.1) is 17.8 Å². The molecule has 31 heavy (non-hydrogen) atoms. The predicted octanol–water partition coefficient (Wildman–Crippen LogP) is 3.12. The summed E-state index contributed by atoms with van der Waals surface area (Å²) in [7, 11) is 3.41. The lowest BCUT2D eigenvalue weighted by Gasteiger charge is -2.07. The standard InChI is InChI=1S/C20H19F2N5O3S/c1-4-30-18-12(21)7-11(8-13(18)22)14-10-31-20(23-14)24-16(28)9-27-6-5-15-17(27)19(29)26(3)25(15)2/h5-8,10H,4,9H2,1-3H3,(H,23,24,28). The van der Waals surface area contributed by atoms with Gasteiger partial charge in [-0.25, -0.2) is 13.8 Å². The highest BCUT2D eigenvalue weighted by molar-refractivity contribution is 7.14. The third kappa shape index (κ3) is 3.72. The zero-order valence-corrected chi connectivity index (χ0v) is 17.8. The van der Waals surface area contributed by atoms with Gasteiger partial charge in [-0.2, -0.15) is 0 Å². The van der Waals surface area contributed by atoms with Crippen LogP contribution in [0.15, 0.2) is 34.6 Å². The summed E-state index contributed by atoms with van der Waals surface area (Å²) in [6, 6.07) is 4.04. The zero-order valence-electron chi connectivity index (χ0n) is 17.0. The molecule has 0 bridgehead atoms. The van der Waals surface area contributed by atoms with Crippen molar-refractivity contribution < 1.29 is 18.3 Å². The number of fused-ring (bicyclic) bond motifs is 1. The van der Waals surface area contributed by atoms with Gasteiger partial charge in [0.15, 0.2) is 22.5 Å². The van der Waals surface area contributed by atoms with Gasteiger partial charge < -0.3 is 14.6 Å². The lowest BCUT2D eigenvalue weighted by Crippen LogP contribution is -2.22. The van der Waals surface area contributed by atoms with Crippen LogP contribution in [0.3, 0.4) is 0 Å². The van der Waals surface area contributed by atoms with E-state index in [4.69, 9.17) is 4.74 Å². The topological polar surface area (TPSA) is 83.1 Å². The molecule has 3 aromatic heterocycles. The molecule has 162 valence electrons. The van der Waals surface area contributed by atoms with Crippen molar-refractivity contribution in [3.8, 4) is 17.0 Å². The predicted molar refractivity (Wildman–Crippen MR) is 113 cm³/mol. The summed E-state index contributed by atoms with van der Waals surface area (Å²) in [6.07, 6.45) is 1.67. The molecule has 0 radical (unpaired) electrons. The third-order valence-electron chi connectivity index (χ3n) is 4.88. The molecule has 0 atom stereocenters. The molecule has 1 N–H and O–H groups in total. The number of aromatic nitrogens is 4. The Labute approximate surface area is 179 Å². The van der Waals surface area contributed by atoms with Crippen molar-refractivity contribution >= 4 is 33.4 Å². The van der Waals surface area contributed by atoms with Crippen LogP contribution in [0.25, 0.3) is 22.3 Å². The molecule has 1 aromatic carbocycles. The van der Waals surface area contributed by atoms with E-state index in [2.05, 4.69) is 10.3 Å². The Balaban J connectivity index is 1.51. The molecule has 3 heterocycles. The highest BCUT2D eigenvalue weighted by Gasteiger charge is 2.17. The zero-order chi connectivity index (χ0) is 22.3. The summed E-state index contributed by atoms with van der Waals surface area (Å²) in [5.74, 6) is -2.46. The molecular formula is C20H19F2N5O3S. The number of nitrogens with zero attached hydrogens (tertiary/aromatic N) is 4. The Morgan fingerprint density at radius 1 is 1.23 bits per heavy atom. The van der Waals surface area contributed by atoms with Crippen LogP contribution in [0, 0.1) is 11.6 Å². The minimum atomic E-state index is -0.823. The molecule has 4 rings (SSSR count). The molecular weight excluding hydrogens is 428 g/mol. The van der Waals surface area contributed by atoms with E-state index in [-0.39, 0.29) is 35.3 Å². The summed E-state index contributed by atoms with van der Waals surface area (Å²) in [4.78, 5) is 29.1. The first-order chi connectivity index (χ1) is 14.8. The molecule has 0 aliphatic rings. The van der Waals surface area contributed by atoms with Crippen molar-refractivity contribution in [2.75, 3.05) is 11.9 Å². The number of nitrogens with one attached hydrogen (secondary N) is 1. The van der Waals surface area contributed by atoms with Gasteiger partial charge in [0.1, 0.15) is 12.1 Å². The van der Waals surface area contributed by atoms with Crippen LogP contribution < -0.4 is 15.6 Å². The Kier molecular flexibility index (Phi) is 5.36. The van der Waals surface area contributed by atoms with Crippen molar-refractivity contribution in [1.82, 2.24) is 18.9 Å². The van der Waals surface area contributed by atoms with Crippen molar-refractivity contribution in [3.05, 3.63) is 51.8 Å². The number of rotatable bonds is 6. The summed E-state index contributed by atoms with van der Waals surface area (Å²) in [5, 5.41) is 4.52. The molecule has 8 nitrogen and oxygen atoms in total. The Morgan fingerprint density at radius 2 is 1.94 bits per heavy atom. The van der Waals surface area contributed by atoms with Gasteiger partial charge in [0.2, 0.25) is 5.91 Å². The fraction of sp³-hybridized carbons (Fsp3) is 0.250. The van der Waals surface area contributed by atoms with Gasteiger partial charge in [-0.05, 0) is 25.1 Å². The third-order valence-corrected chi connectivity index (χ3v) is 5.64. The maximum absolute atomic E-state index is 14.1. The molecule has 0 aliphatic heterocycles. The van der Waals surface area contributed by atoms with E-state index in [9.17, 15) is 18.4 Å². The lowest BCUT2D eigenvalue weighted by molar-refractivity contribution is -0.116. The van der Waals surface area contributed by atoms with E-state index in [1.165, 1.54) is 4.68 Å². The first-order valence-electron chi connectivity index (χ1n) is 9.38. The fourth-order valence-corrected chi connectivity index (χ4v) is 4.04. The molecule has 0 saturated carbocycles. The number of aryl methyl sites for hydroxylation is 1. The van der Waals surface area contributed by atoms with Gasteiger partial charge in [-0.1, -0.05) is 0 Å². The van der Waals surface area contributed by atoms with Gasteiger partial charge >= 0.3 is 0 Å². The normalized spacial score (nSPS) is 11.3. The first kappa shape index (κ1) is 20.8. The minimum absolute atomic E-state index is 0.0794. The van der Waals surface area contributed by atoms with Gasteiger partial charge in [0, 0.05) is 31.2 Å². The van der Waals surface area contributed by atoms with Crippen molar-refractivity contribution in [3.63, 3.8) is 0 Å². The van der Waals surface area contributed by atoms with E-state index in [0.29, 0.717) is 11.2 Å². The Morgan fingerprint density at radius 3 is 2.61 bits per heavy atom. The number of benzene rings is 1. The summed E-state index contributed by atoms with van der Waals surface area (Å²) < 4.78 is 37.9. The maximum atomic E-state index is 14.1. The van der Waals surface area contributed by atoms with Gasteiger partial charge in [0.25, 0.3) is 5.56 Å². The highest BCUT2D eigenvalue weighted by Crippen LogP contribution is 2.31. The largest absolute Gasteiger partial charge is 0.488 e. The SMILES string of the molecule is CCOc1c(F)cc(-c2csc(NC(=O)Cn3ccc4c3c(=O)n(C)n4C)n2)cc1F. The summed E-state index contributed by atoms with van der Waals surface area (Å²) in [5.41, 5.74) is 1.50. The summed E-state index contributed by atoms with van der Waals surface area (Å²) >= 11 is 1.13. The van der Waals surface area contributed by atoms with Crippen molar-refractivity contribution in [1.29, 1.82) is 0 Å². The van der Waals surface area contributed by atoms with Crippen LogP contribution in [0.2, 0.25) is 0 Å². The molecule has 1 amide bonds. The van der Waals surface area contributed by atoms with Gasteiger partial charge in [-0.15, -0.1) is 11.3 Å². The quantitative estimate of drug-likeness (QED) is 0.492. The average Bonchev–Trinajstić information content (AvgIpc) is 3.40. The number of thiazole rings is 1. The molecule has 0 unspecified atom stereocenters.